The smallest absolute Gasteiger partial charge is 0.417 e. The molecule has 2 rings (SSSR count). The standard InChI is InChI=1S/C18H23NO3/c1-13(2)9-7-8-12-16(20)19-14(3)17(22-18(19)21)15-10-5-4-6-11-15/h4-7,9-11,13-14,17H,8,12H2,1-3H3/b9-7+/t14-,17-/m1/s1. The third-order valence-corrected chi connectivity index (χ3v) is 3.71. The number of amides is 2. The molecule has 2 amide bonds. The maximum absolute atomic E-state index is 12.3. The Bertz CT molecular complexity index is 551. The van der Waals surface area contributed by atoms with Crippen molar-refractivity contribution in [3.05, 3.63) is 48.0 Å². The van der Waals surface area contributed by atoms with Gasteiger partial charge in [-0.25, -0.2) is 9.69 Å². The summed E-state index contributed by atoms with van der Waals surface area (Å²) in [6.07, 6.45) is 4.09. The van der Waals surface area contributed by atoms with E-state index in [9.17, 15) is 9.59 Å². The molecule has 0 bridgehead atoms. The number of benzene rings is 1. The maximum Gasteiger partial charge on any atom is 0.417 e. The van der Waals surface area contributed by atoms with E-state index in [1.807, 2.05) is 43.3 Å². The Kier molecular flexibility index (Phi) is 5.36. The van der Waals surface area contributed by atoms with Crippen LogP contribution in [0, 0.1) is 5.92 Å². The number of nitrogens with zero attached hydrogens (tertiary/aromatic N) is 1. The lowest BCUT2D eigenvalue weighted by Gasteiger charge is -2.19. The average Bonchev–Trinajstić information content (AvgIpc) is 2.79. The number of allylic oxidation sites excluding steroid dienone is 2. The van der Waals surface area contributed by atoms with Crippen LogP contribution in [0.25, 0.3) is 0 Å². The van der Waals surface area contributed by atoms with Gasteiger partial charge in [-0.1, -0.05) is 56.3 Å². The van der Waals surface area contributed by atoms with Gasteiger partial charge in [-0.3, -0.25) is 4.79 Å². The van der Waals surface area contributed by atoms with E-state index in [-0.39, 0.29) is 18.1 Å². The Hall–Kier alpha value is -2.10. The quantitative estimate of drug-likeness (QED) is 0.770. The van der Waals surface area contributed by atoms with Gasteiger partial charge in [-0.15, -0.1) is 0 Å². The molecule has 1 aliphatic rings. The number of ether oxygens (including phenoxy) is 1. The summed E-state index contributed by atoms with van der Waals surface area (Å²) in [6.45, 7) is 6.02. The van der Waals surface area contributed by atoms with Crippen molar-refractivity contribution in [2.24, 2.45) is 5.92 Å². The molecular formula is C18H23NO3. The second kappa shape index (κ2) is 7.25. The minimum absolute atomic E-state index is 0.177. The molecule has 0 N–H and O–H groups in total. The largest absolute Gasteiger partial charge is 0.439 e. The van der Waals surface area contributed by atoms with Crippen molar-refractivity contribution in [3.63, 3.8) is 0 Å². The normalized spacial score (nSPS) is 21.6. The van der Waals surface area contributed by atoms with Gasteiger partial charge in [0.25, 0.3) is 0 Å². The summed E-state index contributed by atoms with van der Waals surface area (Å²) in [5.41, 5.74) is 0.915. The van der Waals surface area contributed by atoms with Gasteiger partial charge in [-0.2, -0.15) is 0 Å². The van der Waals surface area contributed by atoms with Crippen LogP contribution in [0.1, 0.15) is 45.3 Å². The van der Waals surface area contributed by atoms with E-state index >= 15 is 0 Å². The third-order valence-electron chi connectivity index (χ3n) is 3.71. The van der Waals surface area contributed by atoms with Crippen LogP contribution in [0.2, 0.25) is 0 Å². The first-order valence-electron chi connectivity index (χ1n) is 7.75. The number of rotatable bonds is 5. The first-order chi connectivity index (χ1) is 10.5. The number of hydrogen-bond acceptors (Lipinski definition) is 3. The fourth-order valence-corrected chi connectivity index (χ4v) is 2.58. The van der Waals surface area contributed by atoms with Crippen molar-refractivity contribution in [2.45, 2.75) is 45.8 Å². The first-order valence-corrected chi connectivity index (χ1v) is 7.75. The highest BCUT2D eigenvalue weighted by Gasteiger charge is 2.42. The average molecular weight is 301 g/mol. The molecule has 0 unspecified atom stereocenters. The van der Waals surface area contributed by atoms with E-state index in [1.54, 1.807) is 0 Å². The summed E-state index contributed by atoms with van der Waals surface area (Å²) in [5.74, 6) is 0.289. The van der Waals surface area contributed by atoms with Gasteiger partial charge >= 0.3 is 6.09 Å². The summed E-state index contributed by atoms with van der Waals surface area (Å²) in [5, 5.41) is 0. The molecule has 1 aliphatic heterocycles. The molecule has 0 saturated carbocycles. The van der Waals surface area contributed by atoms with Crippen LogP contribution in [0.4, 0.5) is 4.79 Å². The van der Waals surface area contributed by atoms with Gasteiger partial charge < -0.3 is 4.74 Å². The van der Waals surface area contributed by atoms with Crippen molar-refractivity contribution >= 4 is 12.0 Å². The lowest BCUT2D eigenvalue weighted by molar-refractivity contribution is -0.129. The van der Waals surface area contributed by atoms with Crippen molar-refractivity contribution in [2.75, 3.05) is 0 Å². The first kappa shape index (κ1) is 16.3. The monoisotopic (exact) mass is 301 g/mol. The van der Waals surface area contributed by atoms with Gasteiger partial charge in [0.2, 0.25) is 5.91 Å². The zero-order valence-electron chi connectivity index (χ0n) is 13.4. The van der Waals surface area contributed by atoms with Crippen LogP contribution < -0.4 is 0 Å². The predicted octanol–water partition coefficient (Wildman–Crippen LogP) is 4.09. The molecule has 1 heterocycles. The van der Waals surface area contributed by atoms with Crippen LogP contribution in [-0.2, 0) is 9.53 Å². The van der Waals surface area contributed by atoms with Crippen LogP contribution in [0.5, 0.6) is 0 Å². The molecule has 1 saturated heterocycles. The molecule has 0 radical (unpaired) electrons. The zero-order chi connectivity index (χ0) is 16.1. The summed E-state index contributed by atoms with van der Waals surface area (Å²) in [4.78, 5) is 25.5. The van der Waals surface area contributed by atoms with Gasteiger partial charge in [-0.05, 0) is 24.8 Å². The van der Waals surface area contributed by atoms with E-state index in [4.69, 9.17) is 4.74 Å². The Labute approximate surface area is 131 Å². The van der Waals surface area contributed by atoms with E-state index in [0.717, 1.165) is 5.56 Å². The van der Waals surface area contributed by atoms with Gasteiger partial charge in [0, 0.05) is 6.42 Å². The maximum atomic E-state index is 12.3. The van der Waals surface area contributed by atoms with Gasteiger partial charge in [0.15, 0.2) is 0 Å². The Balaban J connectivity index is 1.99. The molecule has 2 atom stereocenters. The van der Waals surface area contributed by atoms with Crippen molar-refractivity contribution in [3.8, 4) is 0 Å². The van der Waals surface area contributed by atoms with Crippen molar-refractivity contribution in [1.82, 2.24) is 4.90 Å². The molecule has 0 aromatic heterocycles. The molecule has 0 spiro atoms. The zero-order valence-corrected chi connectivity index (χ0v) is 13.4. The molecular weight excluding hydrogens is 278 g/mol. The highest BCUT2D eigenvalue weighted by atomic mass is 16.6. The fourth-order valence-electron chi connectivity index (χ4n) is 2.58. The van der Waals surface area contributed by atoms with E-state index < -0.39 is 6.09 Å². The third kappa shape index (κ3) is 3.75. The molecule has 4 heteroatoms. The van der Waals surface area contributed by atoms with Gasteiger partial charge in [0.05, 0.1) is 6.04 Å². The number of imide groups is 1. The van der Waals surface area contributed by atoms with Crippen LogP contribution in [0.3, 0.4) is 0 Å². The highest BCUT2D eigenvalue weighted by molar-refractivity contribution is 5.93. The fraction of sp³-hybridized carbons (Fsp3) is 0.444. The summed E-state index contributed by atoms with van der Waals surface area (Å²) in [7, 11) is 0. The number of hydrogen-bond donors (Lipinski definition) is 0. The summed E-state index contributed by atoms with van der Waals surface area (Å²) < 4.78 is 5.39. The van der Waals surface area contributed by atoms with Crippen LogP contribution in [-0.4, -0.2) is 22.9 Å². The van der Waals surface area contributed by atoms with Crippen molar-refractivity contribution in [1.29, 1.82) is 0 Å². The molecule has 22 heavy (non-hydrogen) atoms. The van der Waals surface area contributed by atoms with Gasteiger partial charge in [0.1, 0.15) is 6.10 Å². The second-order valence-corrected chi connectivity index (χ2v) is 5.93. The molecule has 1 fully saturated rings. The van der Waals surface area contributed by atoms with E-state index in [1.165, 1.54) is 4.90 Å². The SMILES string of the molecule is CC(C)/C=C/CCC(=O)N1C(=O)O[C@@H](c2ccccc2)[C@H]1C. The highest BCUT2D eigenvalue weighted by Crippen LogP contribution is 2.32. The van der Waals surface area contributed by atoms with E-state index in [0.29, 0.717) is 18.8 Å². The molecule has 118 valence electrons. The molecule has 1 aromatic carbocycles. The Morgan fingerprint density at radius 1 is 1.32 bits per heavy atom. The molecule has 4 nitrogen and oxygen atoms in total. The number of cyclic esters (lactones) is 1. The van der Waals surface area contributed by atoms with Crippen LogP contribution in [0.15, 0.2) is 42.5 Å². The molecule has 1 aromatic rings. The number of carbonyl (C=O) groups excluding carboxylic acids is 2. The van der Waals surface area contributed by atoms with E-state index in [2.05, 4.69) is 19.9 Å². The Morgan fingerprint density at radius 3 is 2.64 bits per heavy atom. The topological polar surface area (TPSA) is 46.6 Å². The minimum Gasteiger partial charge on any atom is -0.439 e. The summed E-state index contributed by atoms with van der Waals surface area (Å²) in [6, 6.07) is 9.25. The second-order valence-electron chi connectivity index (χ2n) is 5.93. The van der Waals surface area contributed by atoms with Crippen LogP contribution >= 0.6 is 0 Å². The lowest BCUT2D eigenvalue weighted by Crippen LogP contribution is -2.37. The minimum atomic E-state index is -0.542. The Morgan fingerprint density at radius 2 is 2.00 bits per heavy atom. The predicted molar refractivity (Wildman–Crippen MR) is 85.2 cm³/mol. The van der Waals surface area contributed by atoms with Crippen molar-refractivity contribution < 1.29 is 14.3 Å². The number of carbonyl (C=O) groups is 2. The molecule has 0 aliphatic carbocycles. The lowest BCUT2D eigenvalue weighted by atomic mass is 10.0. The summed E-state index contributed by atoms with van der Waals surface area (Å²) >= 11 is 0.